The molecular weight excluding hydrogens is 342 g/mol. The zero-order chi connectivity index (χ0) is 19.4. The fraction of sp³-hybridized carbons (Fsp3) is 0.227. The van der Waals surface area contributed by atoms with Crippen molar-refractivity contribution in [3.8, 4) is 28.4 Å². The van der Waals surface area contributed by atoms with Crippen LogP contribution >= 0.6 is 0 Å². The Labute approximate surface area is 159 Å². The fourth-order valence-electron chi connectivity index (χ4n) is 3.11. The molecule has 0 radical (unpaired) electrons. The lowest BCUT2D eigenvalue weighted by Gasteiger charge is -2.14. The predicted octanol–water partition coefficient (Wildman–Crippen LogP) is 4.43. The predicted molar refractivity (Wildman–Crippen MR) is 105 cm³/mol. The Morgan fingerprint density at radius 2 is 1.52 bits per heavy atom. The monoisotopic (exact) mass is 365 g/mol. The van der Waals surface area contributed by atoms with E-state index in [0.29, 0.717) is 35.1 Å². The van der Waals surface area contributed by atoms with Gasteiger partial charge in [0.2, 0.25) is 11.5 Å². The number of carbonyl (C=O) groups is 1. The number of aryl methyl sites for hydroxylation is 1. The van der Waals surface area contributed by atoms with E-state index in [-0.39, 0.29) is 5.78 Å². The number of hydrogen-bond acceptors (Lipinski definition) is 4. The third-order valence-electron chi connectivity index (χ3n) is 4.50. The Morgan fingerprint density at radius 3 is 2.04 bits per heavy atom. The number of aromatic nitrogens is 1. The van der Waals surface area contributed by atoms with Crippen molar-refractivity contribution in [1.82, 2.24) is 4.57 Å². The minimum Gasteiger partial charge on any atom is -0.493 e. The van der Waals surface area contributed by atoms with Crippen LogP contribution in [0.5, 0.6) is 17.2 Å². The third kappa shape index (κ3) is 3.53. The van der Waals surface area contributed by atoms with Gasteiger partial charge in [-0.3, -0.25) is 4.79 Å². The van der Waals surface area contributed by atoms with Crippen molar-refractivity contribution in [2.75, 3.05) is 21.3 Å². The lowest BCUT2D eigenvalue weighted by atomic mass is 10.0. The van der Waals surface area contributed by atoms with Gasteiger partial charge in [-0.2, -0.15) is 0 Å². The van der Waals surface area contributed by atoms with Gasteiger partial charge in [-0.25, -0.2) is 0 Å². The van der Waals surface area contributed by atoms with Gasteiger partial charge in [-0.05, 0) is 30.7 Å². The molecule has 5 nitrogen and oxygen atoms in total. The summed E-state index contributed by atoms with van der Waals surface area (Å²) in [5.74, 6) is 1.28. The Balaban J connectivity index is 2.07. The minimum atomic E-state index is -0.0988. The highest BCUT2D eigenvalue weighted by Crippen LogP contribution is 2.39. The van der Waals surface area contributed by atoms with Crippen molar-refractivity contribution in [2.45, 2.75) is 13.5 Å². The van der Waals surface area contributed by atoms with Crippen molar-refractivity contribution < 1.29 is 19.0 Å². The third-order valence-corrected chi connectivity index (χ3v) is 4.50. The largest absolute Gasteiger partial charge is 0.493 e. The molecule has 0 aliphatic rings. The molecule has 0 bridgehead atoms. The normalized spacial score (nSPS) is 10.5. The first-order valence-electron chi connectivity index (χ1n) is 8.73. The van der Waals surface area contributed by atoms with Gasteiger partial charge in [-0.15, -0.1) is 0 Å². The van der Waals surface area contributed by atoms with Crippen LogP contribution in [0.2, 0.25) is 0 Å². The van der Waals surface area contributed by atoms with Crippen LogP contribution in [0, 0.1) is 0 Å². The summed E-state index contributed by atoms with van der Waals surface area (Å²) in [7, 11) is 4.61. The number of hydrogen-bond donors (Lipinski definition) is 0. The Morgan fingerprint density at radius 1 is 0.889 bits per heavy atom. The molecule has 0 aliphatic carbocycles. The molecule has 0 fully saturated rings. The van der Waals surface area contributed by atoms with Crippen molar-refractivity contribution in [3.63, 3.8) is 0 Å². The molecule has 0 saturated carbocycles. The number of ether oxygens (including phenoxy) is 3. The molecule has 0 N–H and O–H groups in total. The Hall–Kier alpha value is -3.21. The summed E-state index contributed by atoms with van der Waals surface area (Å²) in [4.78, 5) is 13.2. The SMILES string of the molecule is CCn1cc(-c2ccccc2)cc1C(=O)c1cc(OC)c(OC)c(OC)c1. The molecule has 0 aliphatic heterocycles. The molecule has 3 aromatic rings. The summed E-state index contributed by atoms with van der Waals surface area (Å²) in [5, 5.41) is 0. The second kappa shape index (κ2) is 7.99. The van der Waals surface area contributed by atoms with E-state index < -0.39 is 0 Å². The second-order valence-corrected chi connectivity index (χ2v) is 6.01. The fourth-order valence-corrected chi connectivity index (χ4v) is 3.11. The van der Waals surface area contributed by atoms with Crippen molar-refractivity contribution in [1.29, 1.82) is 0 Å². The Kier molecular flexibility index (Phi) is 5.50. The van der Waals surface area contributed by atoms with Crippen LogP contribution in [-0.2, 0) is 6.54 Å². The van der Waals surface area contributed by atoms with Crippen LogP contribution in [-0.4, -0.2) is 31.7 Å². The van der Waals surface area contributed by atoms with Gasteiger partial charge in [0.15, 0.2) is 11.5 Å². The molecular formula is C22H23NO4. The summed E-state index contributed by atoms with van der Waals surface area (Å²) in [6.07, 6.45) is 2.00. The van der Waals surface area contributed by atoms with E-state index in [1.54, 1.807) is 12.1 Å². The maximum absolute atomic E-state index is 13.2. The van der Waals surface area contributed by atoms with Gasteiger partial charge >= 0.3 is 0 Å². The molecule has 1 aromatic heterocycles. The van der Waals surface area contributed by atoms with Crippen LogP contribution in [0.25, 0.3) is 11.1 Å². The number of benzene rings is 2. The van der Waals surface area contributed by atoms with E-state index in [1.165, 1.54) is 21.3 Å². The number of methoxy groups -OCH3 is 3. The van der Waals surface area contributed by atoms with E-state index in [9.17, 15) is 4.79 Å². The summed E-state index contributed by atoms with van der Waals surface area (Å²) >= 11 is 0. The smallest absolute Gasteiger partial charge is 0.209 e. The zero-order valence-corrected chi connectivity index (χ0v) is 16.0. The van der Waals surface area contributed by atoms with Crippen LogP contribution in [0.3, 0.4) is 0 Å². The average molecular weight is 365 g/mol. The van der Waals surface area contributed by atoms with Crippen molar-refractivity contribution in [2.24, 2.45) is 0 Å². The van der Waals surface area contributed by atoms with E-state index in [1.807, 2.05) is 54.1 Å². The standard InChI is InChI=1S/C22H23NO4/c1-5-23-14-17(15-9-7-6-8-10-15)11-18(23)21(24)16-12-19(25-2)22(27-4)20(13-16)26-3/h6-14H,5H2,1-4H3. The topological polar surface area (TPSA) is 49.7 Å². The highest BCUT2D eigenvalue weighted by Gasteiger charge is 2.21. The van der Waals surface area contributed by atoms with Crippen LogP contribution < -0.4 is 14.2 Å². The van der Waals surface area contributed by atoms with Crippen molar-refractivity contribution >= 4 is 5.78 Å². The van der Waals surface area contributed by atoms with Gasteiger partial charge in [0.05, 0.1) is 27.0 Å². The maximum atomic E-state index is 13.2. The number of nitrogens with zero attached hydrogens (tertiary/aromatic N) is 1. The number of ketones is 1. The molecule has 3 rings (SSSR count). The molecule has 0 amide bonds. The van der Waals surface area contributed by atoms with E-state index >= 15 is 0 Å². The first-order chi connectivity index (χ1) is 13.1. The molecule has 5 heteroatoms. The van der Waals surface area contributed by atoms with Gasteiger partial charge in [0.25, 0.3) is 0 Å². The van der Waals surface area contributed by atoms with Crippen LogP contribution in [0.15, 0.2) is 54.7 Å². The van der Waals surface area contributed by atoms with Gasteiger partial charge in [0.1, 0.15) is 0 Å². The lowest BCUT2D eigenvalue weighted by molar-refractivity contribution is 0.102. The van der Waals surface area contributed by atoms with Crippen LogP contribution in [0.4, 0.5) is 0 Å². The maximum Gasteiger partial charge on any atom is 0.209 e. The molecule has 140 valence electrons. The molecule has 0 saturated heterocycles. The quantitative estimate of drug-likeness (QED) is 0.581. The van der Waals surface area contributed by atoms with Gasteiger partial charge in [-0.1, -0.05) is 30.3 Å². The zero-order valence-electron chi connectivity index (χ0n) is 16.0. The molecule has 27 heavy (non-hydrogen) atoms. The molecule has 0 spiro atoms. The molecule has 0 atom stereocenters. The van der Waals surface area contributed by atoms with E-state index in [2.05, 4.69) is 0 Å². The van der Waals surface area contributed by atoms with E-state index in [4.69, 9.17) is 14.2 Å². The lowest BCUT2D eigenvalue weighted by Crippen LogP contribution is -2.09. The van der Waals surface area contributed by atoms with Gasteiger partial charge < -0.3 is 18.8 Å². The second-order valence-electron chi connectivity index (χ2n) is 6.01. The van der Waals surface area contributed by atoms with E-state index in [0.717, 1.165) is 11.1 Å². The molecule has 0 unspecified atom stereocenters. The minimum absolute atomic E-state index is 0.0988. The average Bonchev–Trinajstić information content (AvgIpc) is 3.17. The highest BCUT2D eigenvalue weighted by atomic mass is 16.5. The Bertz CT molecular complexity index is 919. The van der Waals surface area contributed by atoms with Crippen LogP contribution in [0.1, 0.15) is 23.0 Å². The van der Waals surface area contributed by atoms with Gasteiger partial charge in [0, 0.05) is 23.9 Å². The summed E-state index contributed by atoms with van der Waals surface area (Å²) in [6, 6.07) is 15.3. The summed E-state index contributed by atoms with van der Waals surface area (Å²) in [6.45, 7) is 2.71. The molecule has 2 aromatic carbocycles. The van der Waals surface area contributed by atoms with Crippen molar-refractivity contribution in [3.05, 3.63) is 66.0 Å². The number of carbonyl (C=O) groups excluding carboxylic acids is 1. The summed E-state index contributed by atoms with van der Waals surface area (Å²) < 4.78 is 18.0. The first kappa shape index (κ1) is 18.6. The molecule has 1 heterocycles. The first-order valence-corrected chi connectivity index (χ1v) is 8.73. The highest BCUT2D eigenvalue weighted by molar-refractivity contribution is 6.09. The summed E-state index contributed by atoms with van der Waals surface area (Å²) in [5.41, 5.74) is 3.18. The number of rotatable bonds is 7.